The van der Waals surface area contributed by atoms with Gasteiger partial charge in [-0.3, -0.25) is 0 Å². The van der Waals surface area contributed by atoms with Crippen molar-refractivity contribution in [1.82, 2.24) is 0 Å². The number of benzene rings is 7. The van der Waals surface area contributed by atoms with Gasteiger partial charge in [-0.15, -0.1) is 246 Å². The average molecular weight is 1770 g/mol. The van der Waals surface area contributed by atoms with E-state index in [0.29, 0.717) is 35.5 Å². The van der Waals surface area contributed by atoms with E-state index in [1.54, 1.807) is 44.7 Å². The summed E-state index contributed by atoms with van der Waals surface area (Å²) in [7, 11) is -6.74. The van der Waals surface area contributed by atoms with Crippen molar-refractivity contribution in [3.63, 3.8) is 0 Å². The SMILES string of the molecule is C[P+]1(C)Cc2ccc3c(c21)[C-]=C1C=CC=CC13.C[P+]1(C)Cc2ccc3c(c21)[C-]=C1C=CC=CC13.C[P+]1(C)Cc2ccc3c(c21)[C-]=C1C=CC=CC13.Cc1ccc(S(=O)(=O)[O-])cc1.Cc1ccc2c(c1)[C-]=C1C=CC=CC12.Cc1ccc2c(c1)[C-]=C1C=CC=CC12.Cc1ccc2c(c1)[C-]=C1C=CC=CC12.[Cl-].[Cl-].[Zr+2].[Zr+2].[Zr+2]. The van der Waals surface area contributed by atoms with Crippen LogP contribution in [0.25, 0.3) is 0 Å². The van der Waals surface area contributed by atoms with E-state index in [1.165, 1.54) is 148 Å². The first-order valence-electron chi connectivity index (χ1n) is 36.3. The van der Waals surface area contributed by atoms with Gasteiger partial charge >= 0.3 is 78.6 Å². The first-order valence-corrected chi connectivity index (χ1v) is 46.3. The van der Waals surface area contributed by atoms with Crippen molar-refractivity contribution in [2.75, 3.05) is 40.0 Å². The molecule has 7 aromatic carbocycles. The maximum Gasteiger partial charge on any atom is 2.00 e. The summed E-state index contributed by atoms with van der Waals surface area (Å²) in [5.41, 5.74) is 34.2. The molecule has 6 atom stereocenters. The van der Waals surface area contributed by atoms with E-state index in [9.17, 15) is 13.0 Å². The fourth-order valence-electron chi connectivity index (χ4n) is 17.2. The number of aryl methyl sites for hydroxylation is 4. The number of allylic oxidation sites excluding steroid dienone is 30. The molecule has 0 radical (unpaired) electrons. The minimum absolute atomic E-state index is 0. The van der Waals surface area contributed by atoms with E-state index in [2.05, 4.69) is 334 Å². The van der Waals surface area contributed by atoms with E-state index < -0.39 is 31.9 Å². The average Bonchev–Trinajstić information content (AvgIpc) is 1.37. The van der Waals surface area contributed by atoms with E-state index in [4.69, 9.17) is 0 Å². The van der Waals surface area contributed by atoms with Crippen molar-refractivity contribution >= 4 is 47.8 Å². The molecule has 0 spiro atoms. The molecule has 6 unspecified atom stereocenters. The number of hydrogen-bond acceptors (Lipinski definition) is 3. The molecule has 12 heteroatoms. The normalized spacial score (nSPS) is 21.6. The monoisotopic (exact) mass is 1760 g/mol. The Morgan fingerprint density at radius 3 is 0.789 bits per heavy atom. The maximum absolute atomic E-state index is 10.4. The number of hydrogen-bond donors (Lipinski definition) is 0. The number of fused-ring (bicyclic) bond motifs is 24. The zero-order valence-corrected chi connectivity index (χ0v) is 75.5. The summed E-state index contributed by atoms with van der Waals surface area (Å²) in [5.74, 6) is 2.78. The summed E-state index contributed by atoms with van der Waals surface area (Å²) in [5, 5.41) is 4.95. The second kappa shape index (κ2) is 34.2. The second-order valence-corrected chi connectivity index (χ2v) is 44.8. The Balaban J connectivity index is 0.000000126. The quantitative estimate of drug-likeness (QED) is 0.0935. The molecule has 109 heavy (non-hydrogen) atoms. The summed E-state index contributed by atoms with van der Waals surface area (Å²) < 4.78 is 31.2. The summed E-state index contributed by atoms with van der Waals surface area (Å²) >= 11 is 0. The van der Waals surface area contributed by atoms with Crippen LogP contribution in [0.5, 0.6) is 0 Å². The van der Waals surface area contributed by atoms with Crippen molar-refractivity contribution in [2.24, 2.45) is 0 Å². The van der Waals surface area contributed by atoms with Gasteiger partial charge in [-0.25, -0.2) is 8.42 Å². The number of rotatable bonds is 1. The smallest absolute Gasteiger partial charge is 1.00 e. The largest absolute Gasteiger partial charge is 2.00 e. The van der Waals surface area contributed by atoms with E-state index >= 15 is 0 Å². The van der Waals surface area contributed by atoms with Crippen LogP contribution in [-0.4, -0.2) is 53.0 Å². The minimum atomic E-state index is -4.27. The van der Waals surface area contributed by atoms with E-state index in [1.807, 2.05) is 6.92 Å². The summed E-state index contributed by atoms with van der Waals surface area (Å²) in [4.78, 5) is -0.178. The molecule has 538 valence electrons. The van der Waals surface area contributed by atoms with Gasteiger partial charge in [0.1, 0.15) is 10.1 Å². The van der Waals surface area contributed by atoms with Crippen LogP contribution in [0.1, 0.15) is 141 Å². The molecular weight excluding hydrogens is 1680 g/mol. The van der Waals surface area contributed by atoms with Crippen molar-refractivity contribution in [1.29, 1.82) is 0 Å². The zero-order chi connectivity index (χ0) is 72.0. The van der Waals surface area contributed by atoms with Gasteiger partial charge < -0.3 is 29.4 Å². The van der Waals surface area contributed by atoms with Crippen molar-refractivity contribution in [3.05, 3.63) is 437 Å². The Morgan fingerprint density at radius 1 is 0.312 bits per heavy atom. The first-order chi connectivity index (χ1) is 50.0. The van der Waals surface area contributed by atoms with Gasteiger partial charge in [-0.2, -0.15) is 0 Å². The summed E-state index contributed by atoms with van der Waals surface area (Å²) in [6, 6.07) is 39.6. The van der Waals surface area contributed by atoms with E-state index in [-0.39, 0.29) is 108 Å². The van der Waals surface area contributed by atoms with Crippen LogP contribution >= 0.6 is 21.8 Å². The maximum atomic E-state index is 10.4. The standard InChI is InChI=1S/3C16H15P.3C14H11.C7H8O3S.2ClH.3Zr/c3*1-17(2)10-12-7-8-14-13-6-4-3-5-11(13)9-15(14)16(12)17;3*1-10-6-7-14-12(8-10)9-11-4-2-3-5-13(11)14;1-6-2-4-7(5-3-6)11(8,9)10;;;;;/h3*3-8,13H,10H2,1-2H3;3*2-8,13H,1H3;2-5H,1H3,(H,8,9,10);2*1H;;;/q;;;3*-1;;;;3*+2/p-3. The molecule has 0 aromatic heterocycles. The van der Waals surface area contributed by atoms with Crippen LogP contribution in [-0.2, 0) is 107 Å². The van der Waals surface area contributed by atoms with Crippen LogP contribution in [0.3, 0.4) is 0 Å². The van der Waals surface area contributed by atoms with Crippen molar-refractivity contribution in [2.45, 2.75) is 86.6 Å². The Bertz CT molecular complexity index is 5070. The fourth-order valence-corrected chi connectivity index (χ4v) is 25.8. The van der Waals surface area contributed by atoms with Gasteiger partial charge in [-0.05, 0) is 92.0 Å². The summed E-state index contributed by atoms with van der Waals surface area (Å²) in [6.07, 6.45) is 77.4. The van der Waals surface area contributed by atoms with Gasteiger partial charge in [0.15, 0.2) is 0 Å². The molecular formula is C97H85Cl2O3P3SZr3. The molecule has 7 aromatic rings. The third-order valence-electron chi connectivity index (χ3n) is 22.1. The van der Waals surface area contributed by atoms with E-state index in [0.717, 1.165) is 5.56 Å². The first kappa shape index (κ1) is 84.2. The molecule has 22 rings (SSSR count). The predicted octanol–water partition coefficient (Wildman–Crippen LogP) is 15.0. The molecule has 0 bridgehead atoms. The van der Waals surface area contributed by atoms with Crippen LogP contribution in [0.4, 0.5) is 0 Å². The molecule has 12 aliphatic carbocycles. The second-order valence-electron chi connectivity index (χ2n) is 31.0. The summed E-state index contributed by atoms with van der Waals surface area (Å²) in [6.45, 7) is 22.9. The van der Waals surface area contributed by atoms with Gasteiger partial charge in [0.05, 0.1) is 23.4 Å². The molecule has 0 saturated carbocycles. The molecule has 3 nitrogen and oxygen atoms in total. The van der Waals surface area contributed by atoms with Crippen LogP contribution in [0.15, 0.2) is 299 Å². The minimum Gasteiger partial charge on any atom is -1.00 e. The van der Waals surface area contributed by atoms with Gasteiger partial charge in [-0.1, -0.05) is 162 Å². The van der Waals surface area contributed by atoms with Gasteiger partial charge in [0.2, 0.25) is 0 Å². The fraction of sp³-hybridized carbons (Fsp3) is 0.196. The van der Waals surface area contributed by atoms with Crippen LogP contribution in [0, 0.1) is 64.2 Å². The topological polar surface area (TPSA) is 57.2 Å². The molecule has 0 saturated heterocycles. The molecule has 0 fully saturated rings. The van der Waals surface area contributed by atoms with Gasteiger partial charge in [0.25, 0.3) is 0 Å². The van der Waals surface area contributed by atoms with Crippen LogP contribution in [0.2, 0.25) is 0 Å². The Hall–Kier alpha value is -5.71. The Morgan fingerprint density at radius 2 is 0.541 bits per heavy atom. The predicted molar refractivity (Wildman–Crippen MR) is 440 cm³/mol. The zero-order valence-electron chi connectivity index (χ0n) is 63.1. The third-order valence-corrected chi connectivity index (χ3v) is 31.5. The molecule has 0 amide bonds. The Kier molecular flexibility index (Phi) is 26.4. The molecule has 0 N–H and O–H groups in total. The number of halogens is 2. The molecule has 15 aliphatic rings. The van der Waals surface area contributed by atoms with Crippen LogP contribution < -0.4 is 40.7 Å². The third kappa shape index (κ3) is 16.8. The molecule has 3 aliphatic heterocycles. The van der Waals surface area contributed by atoms with Crippen molar-refractivity contribution in [3.8, 4) is 0 Å². The Labute approximate surface area is 719 Å². The van der Waals surface area contributed by atoms with Gasteiger partial charge in [0, 0.05) is 77.7 Å². The van der Waals surface area contributed by atoms with Crippen molar-refractivity contribution < 1.29 is 116 Å². The molecule has 3 heterocycles.